The van der Waals surface area contributed by atoms with Gasteiger partial charge in [-0.2, -0.15) is 5.10 Å². The number of hydrogen-bond acceptors (Lipinski definition) is 2. The Balaban J connectivity index is 1.81. The van der Waals surface area contributed by atoms with Crippen LogP contribution in [0.3, 0.4) is 0 Å². The number of nitrogens with zero attached hydrogens (tertiary/aromatic N) is 1. The number of aromatic amines is 2. The standard InChI is InChI=1S/C14H14N4O/c1-9-10(8-17-18-9)7-16-14(19)12-3-2-4-13-11(12)5-6-15-13/h2-6,8,15H,7H2,1H3,(H,16,19)(H,17,18). The summed E-state index contributed by atoms with van der Waals surface area (Å²) >= 11 is 0. The van der Waals surface area contributed by atoms with Crippen LogP contribution in [0, 0.1) is 6.92 Å². The summed E-state index contributed by atoms with van der Waals surface area (Å²) in [5.41, 5.74) is 3.61. The molecule has 0 aliphatic rings. The van der Waals surface area contributed by atoms with Crippen molar-refractivity contribution in [2.75, 3.05) is 0 Å². The van der Waals surface area contributed by atoms with Crippen LogP contribution in [0.1, 0.15) is 21.6 Å². The van der Waals surface area contributed by atoms with Crippen molar-refractivity contribution in [2.45, 2.75) is 13.5 Å². The normalized spacial score (nSPS) is 10.8. The van der Waals surface area contributed by atoms with Gasteiger partial charge in [0.15, 0.2) is 0 Å². The van der Waals surface area contributed by atoms with Gasteiger partial charge in [-0.05, 0) is 25.1 Å². The summed E-state index contributed by atoms with van der Waals surface area (Å²) in [5.74, 6) is -0.0780. The first-order chi connectivity index (χ1) is 9.25. The summed E-state index contributed by atoms with van der Waals surface area (Å²) in [7, 11) is 0. The lowest BCUT2D eigenvalue weighted by atomic mass is 10.1. The molecular weight excluding hydrogens is 240 g/mol. The van der Waals surface area contributed by atoms with Crippen molar-refractivity contribution in [3.05, 3.63) is 53.5 Å². The summed E-state index contributed by atoms with van der Waals surface area (Å²) in [6.07, 6.45) is 3.56. The van der Waals surface area contributed by atoms with E-state index in [0.717, 1.165) is 22.2 Å². The lowest BCUT2D eigenvalue weighted by molar-refractivity contribution is 0.0952. The van der Waals surface area contributed by atoms with Crippen LogP contribution in [-0.2, 0) is 6.54 Å². The lowest BCUT2D eigenvalue weighted by Crippen LogP contribution is -2.23. The van der Waals surface area contributed by atoms with Gasteiger partial charge in [0.2, 0.25) is 0 Å². The Kier molecular flexibility index (Phi) is 2.79. The molecule has 1 aromatic carbocycles. The molecule has 19 heavy (non-hydrogen) atoms. The first kappa shape index (κ1) is 11.5. The van der Waals surface area contributed by atoms with Gasteiger partial charge in [0.1, 0.15) is 0 Å². The van der Waals surface area contributed by atoms with Gasteiger partial charge >= 0.3 is 0 Å². The van der Waals surface area contributed by atoms with Crippen molar-refractivity contribution in [1.29, 1.82) is 0 Å². The van der Waals surface area contributed by atoms with E-state index in [9.17, 15) is 4.79 Å². The first-order valence-corrected chi connectivity index (χ1v) is 6.09. The average Bonchev–Trinajstić information content (AvgIpc) is 3.04. The number of rotatable bonds is 3. The molecule has 0 fully saturated rings. The Morgan fingerprint density at radius 1 is 1.37 bits per heavy atom. The van der Waals surface area contributed by atoms with Crippen molar-refractivity contribution in [3.8, 4) is 0 Å². The Morgan fingerprint density at radius 3 is 3.05 bits per heavy atom. The SMILES string of the molecule is Cc1[nH]ncc1CNC(=O)c1cccc2[nH]ccc12. The van der Waals surface area contributed by atoms with E-state index in [-0.39, 0.29) is 5.91 Å². The molecule has 0 aliphatic heterocycles. The van der Waals surface area contributed by atoms with E-state index >= 15 is 0 Å². The predicted molar refractivity (Wildman–Crippen MR) is 72.8 cm³/mol. The third-order valence-electron chi connectivity index (χ3n) is 3.21. The smallest absolute Gasteiger partial charge is 0.252 e. The summed E-state index contributed by atoms with van der Waals surface area (Å²) in [4.78, 5) is 15.3. The maximum atomic E-state index is 12.2. The molecule has 0 saturated carbocycles. The Hall–Kier alpha value is -2.56. The molecule has 0 spiro atoms. The molecule has 1 amide bonds. The minimum absolute atomic E-state index is 0.0780. The van der Waals surface area contributed by atoms with Gasteiger partial charge in [0.05, 0.1) is 6.20 Å². The number of carbonyl (C=O) groups excluding carboxylic acids is 1. The van der Waals surface area contributed by atoms with Crippen molar-refractivity contribution >= 4 is 16.8 Å². The van der Waals surface area contributed by atoms with Crippen LogP contribution in [-0.4, -0.2) is 21.1 Å². The number of aryl methyl sites for hydroxylation is 1. The van der Waals surface area contributed by atoms with E-state index in [2.05, 4.69) is 20.5 Å². The maximum absolute atomic E-state index is 12.2. The zero-order chi connectivity index (χ0) is 13.2. The van der Waals surface area contributed by atoms with Crippen LogP contribution in [0.15, 0.2) is 36.7 Å². The number of H-pyrrole nitrogens is 2. The van der Waals surface area contributed by atoms with Crippen molar-refractivity contribution in [3.63, 3.8) is 0 Å². The van der Waals surface area contributed by atoms with E-state index in [1.165, 1.54) is 0 Å². The second-order valence-electron chi connectivity index (χ2n) is 4.45. The average molecular weight is 254 g/mol. The highest BCUT2D eigenvalue weighted by atomic mass is 16.1. The van der Waals surface area contributed by atoms with E-state index in [0.29, 0.717) is 12.1 Å². The second kappa shape index (κ2) is 4.61. The lowest BCUT2D eigenvalue weighted by Gasteiger charge is -2.05. The van der Waals surface area contributed by atoms with E-state index in [4.69, 9.17) is 0 Å². The van der Waals surface area contributed by atoms with Gasteiger partial charge in [-0.1, -0.05) is 6.07 Å². The zero-order valence-corrected chi connectivity index (χ0v) is 10.5. The summed E-state index contributed by atoms with van der Waals surface area (Å²) in [5, 5.41) is 10.6. The minimum Gasteiger partial charge on any atom is -0.361 e. The molecule has 3 rings (SSSR count). The van der Waals surface area contributed by atoms with Gasteiger partial charge in [0, 0.05) is 40.5 Å². The molecule has 0 aliphatic carbocycles. The molecule has 0 radical (unpaired) electrons. The Bertz CT molecular complexity index is 726. The molecule has 3 N–H and O–H groups in total. The van der Waals surface area contributed by atoms with Crippen molar-refractivity contribution < 1.29 is 4.79 Å². The highest BCUT2D eigenvalue weighted by Crippen LogP contribution is 2.17. The highest BCUT2D eigenvalue weighted by Gasteiger charge is 2.10. The van der Waals surface area contributed by atoms with Gasteiger partial charge in [-0.25, -0.2) is 0 Å². The third-order valence-corrected chi connectivity index (χ3v) is 3.21. The van der Waals surface area contributed by atoms with Gasteiger partial charge in [-0.3, -0.25) is 9.89 Å². The Labute approximate surface area is 110 Å². The molecule has 0 atom stereocenters. The molecule has 0 saturated heterocycles. The number of nitrogens with one attached hydrogen (secondary N) is 3. The number of hydrogen-bond donors (Lipinski definition) is 3. The first-order valence-electron chi connectivity index (χ1n) is 6.09. The topological polar surface area (TPSA) is 73.6 Å². The maximum Gasteiger partial charge on any atom is 0.252 e. The number of amides is 1. The summed E-state index contributed by atoms with van der Waals surface area (Å²) < 4.78 is 0. The van der Waals surface area contributed by atoms with E-state index < -0.39 is 0 Å². The van der Waals surface area contributed by atoms with Crippen LogP contribution >= 0.6 is 0 Å². The van der Waals surface area contributed by atoms with E-state index in [1.807, 2.05) is 37.4 Å². The predicted octanol–water partition coefficient (Wildman–Crippen LogP) is 2.13. The molecule has 5 nitrogen and oxygen atoms in total. The zero-order valence-electron chi connectivity index (χ0n) is 10.5. The van der Waals surface area contributed by atoms with Gasteiger partial charge < -0.3 is 10.3 Å². The highest BCUT2D eigenvalue weighted by molar-refractivity contribution is 6.06. The monoisotopic (exact) mass is 254 g/mol. The van der Waals surface area contributed by atoms with Crippen LogP contribution in [0.4, 0.5) is 0 Å². The molecule has 3 aromatic rings. The molecule has 5 heteroatoms. The number of aromatic nitrogens is 3. The van der Waals surface area contributed by atoms with Crippen molar-refractivity contribution in [1.82, 2.24) is 20.5 Å². The number of carbonyl (C=O) groups is 1. The fraction of sp³-hybridized carbons (Fsp3) is 0.143. The van der Waals surface area contributed by atoms with Crippen LogP contribution in [0.25, 0.3) is 10.9 Å². The third kappa shape index (κ3) is 2.10. The fourth-order valence-corrected chi connectivity index (χ4v) is 2.11. The number of fused-ring (bicyclic) bond motifs is 1. The van der Waals surface area contributed by atoms with Crippen LogP contribution in [0.5, 0.6) is 0 Å². The van der Waals surface area contributed by atoms with E-state index in [1.54, 1.807) is 6.20 Å². The fourth-order valence-electron chi connectivity index (χ4n) is 2.11. The molecular formula is C14H14N4O. The molecule has 2 aromatic heterocycles. The van der Waals surface area contributed by atoms with Crippen molar-refractivity contribution in [2.24, 2.45) is 0 Å². The number of benzene rings is 1. The van der Waals surface area contributed by atoms with Crippen LogP contribution < -0.4 is 5.32 Å². The minimum atomic E-state index is -0.0780. The molecule has 2 heterocycles. The van der Waals surface area contributed by atoms with Gasteiger partial charge in [0.25, 0.3) is 5.91 Å². The molecule has 0 bridgehead atoms. The molecule has 0 unspecified atom stereocenters. The van der Waals surface area contributed by atoms with Gasteiger partial charge in [-0.15, -0.1) is 0 Å². The quantitative estimate of drug-likeness (QED) is 0.670. The summed E-state index contributed by atoms with van der Waals surface area (Å²) in [6, 6.07) is 7.56. The largest absolute Gasteiger partial charge is 0.361 e. The van der Waals surface area contributed by atoms with Crippen LogP contribution in [0.2, 0.25) is 0 Å². The molecule has 96 valence electrons. The Morgan fingerprint density at radius 2 is 2.26 bits per heavy atom. The summed E-state index contributed by atoms with van der Waals surface area (Å²) in [6.45, 7) is 2.41. The second-order valence-corrected chi connectivity index (χ2v) is 4.45.